The molecule has 1 aliphatic rings. The van der Waals surface area contributed by atoms with Gasteiger partial charge in [-0.15, -0.1) is 6.42 Å². The van der Waals surface area contributed by atoms with Gasteiger partial charge in [0.15, 0.2) is 5.79 Å². The highest BCUT2D eigenvalue weighted by Crippen LogP contribution is 2.30. The van der Waals surface area contributed by atoms with Gasteiger partial charge in [-0.05, 0) is 20.3 Å². The van der Waals surface area contributed by atoms with E-state index in [1.807, 2.05) is 13.8 Å². The summed E-state index contributed by atoms with van der Waals surface area (Å²) in [6.07, 6.45) is 8.58. The van der Waals surface area contributed by atoms with Gasteiger partial charge >= 0.3 is 0 Å². The highest BCUT2D eigenvalue weighted by molar-refractivity contribution is 5.02. The van der Waals surface area contributed by atoms with E-state index >= 15 is 0 Å². The molecule has 2 heteroatoms. The molecule has 1 heterocycles. The van der Waals surface area contributed by atoms with Crippen molar-refractivity contribution in [1.29, 1.82) is 0 Å². The molecule has 1 saturated heterocycles. The summed E-state index contributed by atoms with van der Waals surface area (Å²) in [5, 5.41) is 0. The first kappa shape index (κ1) is 10.6. The smallest absolute Gasteiger partial charge is 0.165 e. The first-order chi connectivity index (χ1) is 6.09. The van der Waals surface area contributed by atoms with Crippen LogP contribution in [0.5, 0.6) is 0 Å². The van der Waals surface area contributed by atoms with Gasteiger partial charge < -0.3 is 9.47 Å². The zero-order valence-corrected chi connectivity index (χ0v) is 8.67. The van der Waals surface area contributed by atoms with Crippen LogP contribution in [0.2, 0.25) is 0 Å². The molecule has 0 radical (unpaired) electrons. The third-order valence-corrected chi connectivity index (χ3v) is 2.19. The molecule has 1 fully saturated rings. The molecule has 0 aromatic heterocycles. The molecule has 0 amide bonds. The van der Waals surface area contributed by atoms with Crippen molar-refractivity contribution in [2.24, 2.45) is 0 Å². The number of terminal acetylenes is 1. The van der Waals surface area contributed by atoms with Crippen LogP contribution < -0.4 is 0 Å². The predicted octanol–water partition coefficient (Wildman–Crippen LogP) is 2.33. The molecule has 0 N–H and O–H groups in total. The average molecular weight is 182 g/mol. The lowest BCUT2D eigenvalue weighted by Crippen LogP contribution is -2.21. The van der Waals surface area contributed by atoms with E-state index < -0.39 is 5.79 Å². The Morgan fingerprint density at radius 3 is 2.62 bits per heavy atom. The third-order valence-electron chi connectivity index (χ3n) is 2.19. The summed E-state index contributed by atoms with van der Waals surface area (Å²) >= 11 is 0. The second kappa shape index (κ2) is 4.13. The summed E-state index contributed by atoms with van der Waals surface area (Å²) in [6.45, 7) is 5.97. The Morgan fingerprint density at radius 1 is 1.38 bits per heavy atom. The third kappa shape index (κ3) is 2.72. The van der Waals surface area contributed by atoms with Crippen LogP contribution in [0.15, 0.2) is 0 Å². The molecule has 1 aliphatic heterocycles. The van der Waals surface area contributed by atoms with Gasteiger partial charge in [0.2, 0.25) is 0 Å². The van der Waals surface area contributed by atoms with Crippen molar-refractivity contribution in [3.63, 3.8) is 0 Å². The minimum atomic E-state index is -0.505. The number of hydrogen-bond acceptors (Lipinski definition) is 2. The van der Waals surface area contributed by atoms with E-state index in [0.29, 0.717) is 0 Å². The quantitative estimate of drug-likeness (QED) is 0.624. The molecular weight excluding hydrogens is 164 g/mol. The van der Waals surface area contributed by atoms with Crippen LogP contribution in [0.4, 0.5) is 0 Å². The second-order valence-electron chi connectivity index (χ2n) is 3.90. The fourth-order valence-corrected chi connectivity index (χ4v) is 1.59. The Bertz CT molecular complexity index is 203. The molecule has 0 spiro atoms. The Morgan fingerprint density at radius 2 is 2.08 bits per heavy atom. The molecule has 0 saturated carbocycles. The lowest BCUT2D eigenvalue weighted by atomic mass is 10.1. The lowest BCUT2D eigenvalue weighted by Gasteiger charge is -2.16. The number of ether oxygens (including phenoxy) is 2. The van der Waals surface area contributed by atoms with Gasteiger partial charge in [-0.1, -0.05) is 25.7 Å². The lowest BCUT2D eigenvalue weighted by molar-refractivity contribution is -0.143. The van der Waals surface area contributed by atoms with Gasteiger partial charge in [0.1, 0.15) is 6.10 Å². The second-order valence-corrected chi connectivity index (χ2v) is 3.90. The van der Waals surface area contributed by atoms with E-state index in [1.165, 1.54) is 0 Å². The van der Waals surface area contributed by atoms with Gasteiger partial charge in [0.05, 0.1) is 6.10 Å². The summed E-state index contributed by atoms with van der Waals surface area (Å²) in [6, 6.07) is 0. The number of unbranched alkanes of at least 4 members (excludes halogenated alkanes) is 1. The molecule has 0 aromatic rings. The summed E-state index contributed by atoms with van der Waals surface area (Å²) in [7, 11) is 0. The summed E-state index contributed by atoms with van der Waals surface area (Å²) < 4.78 is 11.2. The van der Waals surface area contributed by atoms with E-state index in [4.69, 9.17) is 15.9 Å². The fraction of sp³-hybridized carbons (Fsp3) is 0.818. The van der Waals surface area contributed by atoms with Crippen molar-refractivity contribution in [1.82, 2.24) is 0 Å². The van der Waals surface area contributed by atoms with Crippen LogP contribution in [0.3, 0.4) is 0 Å². The zero-order chi connectivity index (χ0) is 9.90. The van der Waals surface area contributed by atoms with Crippen LogP contribution in [0.25, 0.3) is 0 Å². The maximum atomic E-state index is 5.69. The van der Waals surface area contributed by atoms with Crippen LogP contribution in [0.1, 0.15) is 40.0 Å². The number of rotatable bonds is 3. The summed E-state index contributed by atoms with van der Waals surface area (Å²) in [4.78, 5) is 0. The average Bonchev–Trinajstić information content (AvgIpc) is 2.37. The molecule has 0 unspecified atom stereocenters. The topological polar surface area (TPSA) is 18.5 Å². The molecular formula is C11H18O2. The van der Waals surface area contributed by atoms with Gasteiger partial charge in [-0.2, -0.15) is 0 Å². The molecule has 74 valence electrons. The molecule has 2 nitrogen and oxygen atoms in total. The predicted molar refractivity (Wildman–Crippen MR) is 52.2 cm³/mol. The van der Waals surface area contributed by atoms with Crippen molar-refractivity contribution in [2.45, 2.75) is 58.0 Å². The monoisotopic (exact) mass is 182 g/mol. The zero-order valence-electron chi connectivity index (χ0n) is 8.67. The Hall–Kier alpha value is -0.520. The first-order valence-electron chi connectivity index (χ1n) is 4.91. The van der Waals surface area contributed by atoms with Gasteiger partial charge in [0, 0.05) is 0 Å². The fourth-order valence-electron chi connectivity index (χ4n) is 1.59. The van der Waals surface area contributed by atoms with Crippen molar-refractivity contribution in [3.8, 4) is 12.3 Å². The van der Waals surface area contributed by atoms with Crippen molar-refractivity contribution < 1.29 is 9.47 Å². The van der Waals surface area contributed by atoms with Crippen molar-refractivity contribution >= 4 is 0 Å². The van der Waals surface area contributed by atoms with Crippen molar-refractivity contribution in [3.05, 3.63) is 0 Å². The molecule has 0 bridgehead atoms. The Kier molecular flexibility index (Phi) is 3.35. The van der Waals surface area contributed by atoms with E-state index in [-0.39, 0.29) is 12.2 Å². The standard InChI is InChI=1S/C11H18O2/c1-5-7-8-10-9(6-2)12-11(3,4)13-10/h2,9-10H,5,7-8H2,1,3-4H3/t9-,10+/m1/s1. The van der Waals surface area contributed by atoms with E-state index in [1.54, 1.807) is 0 Å². The van der Waals surface area contributed by atoms with Crippen LogP contribution in [-0.2, 0) is 9.47 Å². The SMILES string of the molecule is C#C[C@H]1OC(C)(C)O[C@H]1CCCC. The molecule has 2 atom stereocenters. The van der Waals surface area contributed by atoms with Gasteiger partial charge in [0.25, 0.3) is 0 Å². The van der Waals surface area contributed by atoms with Crippen molar-refractivity contribution in [2.75, 3.05) is 0 Å². The Balaban J connectivity index is 2.49. The Labute approximate surface area is 80.6 Å². The first-order valence-corrected chi connectivity index (χ1v) is 4.91. The maximum absolute atomic E-state index is 5.69. The minimum absolute atomic E-state index is 0.0833. The minimum Gasteiger partial charge on any atom is -0.343 e. The van der Waals surface area contributed by atoms with Crippen LogP contribution >= 0.6 is 0 Å². The summed E-state index contributed by atoms with van der Waals surface area (Å²) in [5.41, 5.74) is 0. The largest absolute Gasteiger partial charge is 0.343 e. The summed E-state index contributed by atoms with van der Waals surface area (Å²) in [5.74, 6) is 2.13. The number of hydrogen-bond donors (Lipinski definition) is 0. The van der Waals surface area contributed by atoms with Crippen LogP contribution in [0, 0.1) is 12.3 Å². The van der Waals surface area contributed by atoms with Crippen LogP contribution in [-0.4, -0.2) is 18.0 Å². The normalized spacial score (nSPS) is 31.5. The van der Waals surface area contributed by atoms with E-state index in [2.05, 4.69) is 12.8 Å². The van der Waals surface area contributed by atoms with Gasteiger partial charge in [-0.3, -0.25) is 0 Å². The molecule has 1 rings (SSSR count). The highest BCUT2D eigenvalue weighted by atomic mass is 16.7. The molecule has 13 heavy (non-hydrogen) atoms. The molecule has 0 aromatic carbocycles. The van der Waals surface area contributed by atoms with E-state index in [9.17, 15) is 0 Å². The highest BCUT2D eigenvalue weighted by Gasteiger charge is 2.39. The maximum Gasteiger partial charge on any atom is 0.165 e. The molecule has 0 aliphatic carbocycles. The van der Waals surface area contributed by atoms with Gasteiger partial charge in [-0.25, -0.2) is 0 Å². The van der Waals surface area contributed by atoms with E-state index in [0.717, 1.165) is 19.3 Å².